The molecule has 0 bridgehead atoms. The minimum atomic E-state index is -3.52. The molecule has 0 saturated heterocycles. The summed E-state index contributed by atoms with van der Waals surface area (Å²) in [5.74, 6) is -0.941. The molecule has 0 radical (unpaired) electrons. The van der Waals surface area contributed by atoms with Gasteiger partial charge in [-0.2, -0.15) is 4.31 Å². The number of carbonyl (C=O) groups excluding carboxylic acids is 2. The first kappa shape index (κ1) is 23.8. The van der Waals surface area contributed by atoms with Gasteiger partial charge in [-0.1, -0.05) is 32.0 Å². The van der Waals surface area contributed by atoms with Crippen LogP contribution in [0.3, 0.4) is 0 Å². The van der Waals surface area contributed by atoms with Crippen LogP contribution < -0.4 is 0 Å². The number of hydrogen-bond donors (Lipinski definition) is 0. The first-order chi connectivity index (χ1) is 14.3. The van der Waals surface area contributed by atoms with E-state index in [2.05, 4.69) is 0 Å². The van der Waals surface area contributed by atoms with Crippen LogP contribution in [0.4, 0.5) is 0 Å². The van der Waals surface area contributed by atoms with Crippen molar-refractivity contribution in [3.05, 3.63) is 58.3 Å². The summed E-state index contributed by atoms with van der Waals surface area (Å²) in [7, 11) is -1.87. The van der Waals surface area contributed by atoms with E-state index >= 15 is 0 Å². The zero-order chi connectivity index (χ0) is 22.1. The highest BCUT2D eigenvalue weighted by atomic mass is 32.2. The predicted octanol–water partition coefficient (Wildman–Crippen LogP) is 2.99. The van der Waals surface area contributed by atoms with Gasteiger partial charge in [-0.3, -0.25) is 4.79 Å². The average Bonchev–Trinajstić information content (AvgIpc) is 3.24. The Balaban J connectivity index is 1.88. The van der Waals surface area contributed by atoms with Crippen LogP contribution in [0.25, 0.3) is 6.08 Å². The van der Waals surface area contributed by atoms with Crippen LogP contribution in [-0.4, -0.2) is 56.2 Å². The first-order valence-electron chi connectivity index (χ1n) is 9.49. The Hall–Kier alpha value is -2.49. The van der Waals surface area contributed by atoms with Gasteiger partial charge in [0.25, 0.3) is 5.91 Å². The summed E-state index contributed by atoms with van der Waals surface area (Å²) in [6, 6.07) is 10.1. The lowest BCUT2D eigenvalue weighted by atomic mass is 10.2. The number of likely N-dealkylation sites (N-methyl/N-ethyl adjacent to an activating group) is 1. The van der Waals surface area contributed by atoms with Crippen molar-refractivity contribution in [1.29, 1.82) is 0 Å². The van der Waals surface area contributed by atoms with E-state index in [1.807, 2.05) is 17.5 Å². The smallest absolute Gasteiger partial charge is 0.331 e. The molecule has 30 heavy (non-hydrogen) atoms. The zero-order valence-electron chi connectivity index (χ0n) is 17.3. The maximum atomic E-state index is 12.5. The predicted molar refractivity (Wildman–Crippen MR) is 117 cm³/mol. The molecule has 0 saturated carbocycles. The van der Waals surface area contributed by atoms with Gasteiger partial charge in [0.1, 0.15) is 0 Å². The summed E-state index contributed by atoms with van der Waals surface area (Å²) < 4.78 is 31.3. The number of benzene rings is 1. The minimum Gasteiger partial charge on any atom is -0.452 e. The third-order valence-corrected chi connectivity index (χ3v) is 7.30. The normalized spacial score (nSPS) is 11.7. The largest absolute Gasteiger partial charge is 0.452 e. The summed E-state index contributed by atoms with van der Waals surface area (Å²) in [6.45, 7) is 4.49. The third-order valence-electron chi connectivity index (χ3n) is 4.37. The van der Waals surface area contributed by atoms with Crippen LogP contribution in [0.1, 0.15) is 24.3 Å². The number of carbonyl (C=O) groups is 2. The molecular weight excluding hydrogens is 424 g/mol. The molecule has 1 heterocycles. The standard InChI is InChI=1S/C21H26N2O5S2/c1-4-23(5-2)30(26,27)19-11-8-17(9-12-19)10-13-21(25)28-16-20(24)22(3)15-18-7-6-14-29-18/h6-14H,4-5,15-16H2,1-3H3/b13-10+. The molecular formula is C21H26N2O5S2. The van der Waals surface area contributed by atoms with Crippen molar-refractivity contribution in [2.45, 2.75) is 25.3 Å². The Morgan fingerprint density at radius 1 is 1.10 bits per heavy atom. The monoisotopic (exact) mass is 450 g/mol. The molecule has 1 aromatic heterocycles. The van der Waals surface area contributed by atoms with Gasteiger partial charge in [0, 0.05) is 31.1 Å². The van der Waals surface area contributed by atoms with Crippen molar-refractivity contribution in [1.82, 2.24) is 9.21 Å². The Morgan fingerprint density at radius 2 is 1.77 bits per heavy atom. The van der Waals surface area contributed by atoms with Crippen molar-refractivity contribution < 1.29 is 22.7 Å². The molecule has 0 fully saturated rings. The van der Waals surface area contributed by atoms with Crippen molar-refractivity contribution in [2.24, 2.45) is 0 Å². The molecule has 0 aliphatic carbocycles. The van der Waals surface area contributed by atoms with Gasteiger partial charge in [-0.05, 0) is 35.2 Å². The first-order valence-corrected chi connectivity index (χ1v) is 11.8. The number of nitrogens with zero attached hydrogens (tertiary/aromatic N) is 2. The fourth-order valence-electron chi connectivity index (χ4n) is 2.64. The van der Waals surface area contributed by atoms with E-state index in [1.165, 1.54) is 33.5 Å². The summed E-state index contributed by atoms with van der Waals surface area (Å²) in [6.07, 6.45) is 2.72. The Bertz CT molecular complexity index is 963. The van der Waals surface area contributed by atoms with Gasteiger partial charge in [0.2, 0.25) is 10.0 Å². The number of esters is 1. The van der Waals surface area contributed by atoms with E-state index in [0.29, 0.717) is 25.2 Å². The summed E-state index contributed by atoms with van der Waals surface area (Å²) in [4.78, 5) is 26.7. The highest BCUT2D eigenvalue weighted by Gasteiger charge is 2.21. The topological polar surface area (TPSA) is 84.0 Å². The van der Waals surface area contributed by atoms with E-state index in [-0.39, 0.29) is 17.4 Å². The zero-order valence-corrected chi connectivity index (χ0v) is 18.9. The van der Waals surface area contributed by atoms with E-state index < -0.39 is 16.0 Å². The van der Waals surface area contributed by atoms with Crippen LogP contribution in [0.2, 0.25) is 0 Å². The lowest BCUT2D eigenvalue weighted by Crippen LogP contribution is -2.30. The lowest BCUT2D eigenvalue weighted by molar-refractivity contribution is -0.147. The van der Waals surface area contributed by atoms with Crippen molar-refractivity contribution in [3.8, 4) is 0 Å². The van der Waals surface area contributed by atoms with Crippen LogP contribution in [0.15, 0.2) is 52.7 Å². The maximum absolute atomic E-state index is 12.5. The molecule has 0 unspecified atom stereocenters. The molecule has 0 atom stereocenters. The molecule has 7 nitrogen and oxygen atoms in total. The fourth-order valence-corrected chi connectivity index (χ4v) is 4.86. The van der Waals surface area contributed by atoms with Gasteiger partial charge in [0.05, 0.1) is 11.4 Å². The summed E-state index contributed by atoms with van der Waals surface area (Å²) in [5, 5.41) is 1.93. The van der Waals surface area contributed by atoms with Gasteiger partial charge in [0.15, 0.2) is 6.61 Å². The van der Waals surface area contributed by atoms with E-state index in [0.717, 1.165) is 4.88 Å². The highest BCUT2D eigenvalue weighted by molar-refractivity contribution is 7.89. The second kappa shape index (κ2) is 11.1. The van der Waals surface area contributed by atoms with Gasteiger partial charge < -0.3 is 9.64 Å². The van der Waals surface area contributed by atoms with Gasteiger partial charge in [-0.15, -0.1) is 11.3 Å². The van der Waals surface area contributed by atoms with Crippen LogP contribution in [-0.2, 0) is 30.9 Å². The molecule has 162 valence electrons. The van der Waals surface area contributed by atoms with E-state index in [9.17, 15) is 18.0 Å². The number of sulfonamides is 1. The number of thiophene rings is 1. The average molecular weight is 451 g/mol. The Labute approximate surface area is 181 Å². The maximum Gasteiger partial charge on any atom is 0.331 e. The third kappa shape index (κ3) is 6.51. The number of amides is 1. The quantitative estimate of drug-likeness (QED) is 0.410. The SMILES string of the molecule is CCN(CC)S(=O)(=O)c1ccc(/C=C/C(=O)OCC(=O)N(C)Cc2cccs2)cc1. The summed E-state index contributed by atoms with van der Waals surface area (Å²) >= 11 is 1.55. The fraction of sp³-hybridized carbons (Fsp3) is 0.333. The molecule has 0 N–H and O–H groups in total. The van der Waals surface area contributed by atoms with Gasteiger partial charge >= 0.3 is 5.97 Å². The van der Waals surface area contributed by atoms with E-state index in [4.69, 9.17) is 4.74 Å². The lowest BCUT2D eigenvalue weighted by Gasteiger charge is -2.18. The van der Waals surface area contributed by atoms with Crippen LogP contribution >= 0.6 is 11.3 Å². The van der Waals surface area contributed by atoms with Crippen molar-refractivity contribution >= 4 is 39.3 Å². The number of rotatable bonds is 10. The summed E-state index contributed by atoms with van der Waals surface area (Å²) in [5.41, 5.74) is 0.645. The molecule has 1 aromatic carbocycles. The number of ether oxygens (including phenoxy) is 1. The minimum absolute atomic E-state index is 0.199. The second-order valence-electron chi connectivity index (χ2n) is 6.43. The van der Waals surface area contributed by atoms with Crippen molar-refractivity contribution in [2.75, 3.05) is 26.7 Å². The molecule has 0 aliphatic rings. The number of hydrogen-bond acceptors (Lipinski definition) is 6. The van der Waals surface area contributed by atoms with Crippen LogP contribution in [0, 0.1) is 0 Å². The van der Waals surface area contributed by atoms with Gasteiger partial charge in [-0.25, -0.2) is 13.2 Å². The highest BCUT2D eigenvalue weighted by Crippen LogP contribution is 2.17. The molecule has 1 amide bonds. The Kier molecular flexibility index (Phi) is 8.76. The Morgan fingerprint density at radius 3 is 2.33 bits per heavy atom. The van der Waals surface area contributed by atoms with Crippen molar-refractivity contribution in [3.63, 3.8) is 0 Å². The van der Waals surface area contributed by atoms with E-state index in [1.54, 1.807) is 44.4 Å². The molecule has 2 aromatic rings. The molecule has 9 heteroatoms. The molecule has 0 spiro atoms. The van der Waals surface area contributed by atoms with Crippen LogP contribution in [0.5, 0.6) is 0 Å². The molecule has 0 aliphatic heterocycles. The second-order valence-corrected chi connectivity index (χ2v) is 9.40. The molecule has 2 rings (SSSR count).